The Morgan fingerprint density at radius 3 is 2.94 bits per heavy atom. The maximum absolute atomic E-state index is 11.9. The van der Waals surface area contributed by atoms with Crippen LogP contribution < -0.4 is 0 Å². The van der Waals surface area contributed by atoms with Gasteiger partial charge in [0.2, 0.25) is 0 Å². The molecule has 1 spiro atoms. The van der Waals surface area contributed by atoms with Crippen molar-refractivity contribution in [2.45, 2.75) is 56.8 Å². The Hall–Kier alpha value is -0.830. The van der Waals surface area contributed by atoms with E-state index in [1.807, 2.05) is 6.92 Å². The molecule has 0 N–H and O–H groups in total. The van der Waals surface area contributed by atoms with Crippen molar-refractivity contribution >= 4 is 5.97 Å². The second kappa shape index (κ2) is 3.01. The topological polar surface area (TPSA) is 38.8 Å². The van der Waals surface area contributed by atoms with E-state index in [2.05, 4.69) is 13.5 Å². The van der Waals surface area contributed by atoms with Crippen molar-refractivity contribution in [2.24, 2.45) is 17.8 Å². The lowest BCUT2D eigenvalue weighted by atomic mass is 9.79. The van der Waals surface area contributed by atoms with Crippen molar-refractivity contribution < 1.29 is 14.3 Å². The summed E-state index contributed by atoms with van der Waals surface area (Å²) in [6.07, 6.45) is 4.20. The summed E-state index contributed by atoms with van der Waals surface area (Å²) in [5.74, 6) is 0.622. The van der Waals surface area contributed by atoms with Crippen molar-refractivity contribution in [2.75, 3.05) is 0 Å². The third-order valence-corrected chi connectivity index (χ3v) is 5.99. The molecule has 2 aliphatic carbocycles. The molecule has 3 nitrogen and oxygen atoms in total. The summed E-state index contributed by atoms with van der Waals surface area (Å²) in [6, 6.07) is 0. The van der Waals surface area contributed by atoms with Crippen LogP contribution in [0.5, 0.6) is 0 Å². The molecule has 4 aliphatic rings. The van der Waals surface area contributed by atoms with Crippen LogP contribution >= 0.6 is 0 Å². The largest absolute Gasteiger partial charge is 0.461 e. The zero-order valence-corrected chi connectivity index (χ0v) is 11.1. The zero-order chi connectivity index (χ0) is 12.7. The molecule has 0 unspecified atom stereocenters. The molecule has 98 valence electrons. The highest BCUT2D eigenvalue weighted by Gasteiger charge is 2.76. The van der Waals surface area contributed by atoms with Crippen LogP contribution in [-0.4, -0.2) is 23.3 Å². The van der Waals surface area contributed by atoms with Crippen molar-refractivity contribution in [3.8, 4) is 0 Å². The molecule has 2 saturated carbocycles. The Bertz CT molecular complexity index is 457. The first-order valence-electron chi connectivity index (χ1n) is 7.07. The van der Waals surface area contributed by atoms with Gasteiger partial charge >= 0.3 is 5.97 Å². The third kappa shape index (κ3) is 1.04. The summed E-state index contributed by atoms with van der Waals surface area (Å²) < 4.78 is 11.9. The molecule has 18 heavy (non-hydrogen) atoms. The summed E-state index contributed by atoms with van der Waals surface area (Å²) in [4.78, 5) is 11.9. The molecule has 2 heterocycles. The van der Waals surface area contributed by atoms with Gasteiger partial charge in [-0.15, -0.1) is 0 Å². The van der Waals surface area contributed by atoms with Crippen LogP contribution in [0, 0.1) is 17.8 Å². The van der Waals surface area contributed by atoms with Gasteiger partial charge in [0.05, 0.1) is 11.5 Å². The molecule has 3 heteroatoms. The minimum atomic E-state index is -0.0617. The number of fused-ring (bicyclic) bond motifs is 2. The maximum atomic E-state index is 11.9. The van der Waals surface area contributed by atoms with Gasteiger partial charge in [-0.25, -0.2) is 0 Å². The highest BCUT2D eigenvalue weighted by molar-refractivity contribution is 5.75. The Labute approximate surface area is 108 Å². The number of carbonyl (C=O) groups is 1. The fraction of sp³-hybridized carbons (Fsp3) is 0.800. The zero-order valence-electron chi connectivity index (χ0n) is 11.1. The predicted octanol–water partition coefficient (Wildman–Crippen LogP) is 2.45. The van der Waals surface area contributed by atoms with Crippen molar-refractivity contribution in [3.63, 3.8) is 0 Å². The molecule has 0 bridgehead atoms. The van der Waals surface area contributed by atoms with Crippen LogP contribution in [-0.2, 0) is 14.3 Å². The highest BCUT2D eigenvalue weighted by Crippen LogP contribution is 2.68. The number of hydrogen-bond acceptors (Lipinski definition) is 3. The molecular formula is C15H20O3. The first-order valence-corrected chi connectivity index (χ1v) is 7.07. The van der Waals surface area contributed by atoms with E-state index in [0.29, 0.717) is 5.92 Å². The van der Waals surface area contributed by atoms with Gasteiger partial charge in [-0.3, -0.25) is 4.79 Å². The molecule has 0 amide bonds. The normalized spacial score (nSPS) is 57.4. The first-order chi connectivity index (χ1) is 8.48. The Morgan fingerprint density at radius 1 is 1.39 bits per heavy atom. The molecule has 2 saturated heterocycles. The monoisotopic (exact) mass is 248 g/mol. The van der Waals surface area contributed by atoms with Gasteiger partial charge in [0.25, 0.3) is 0 Å². The summed E-state index contributed by atoms with van der Waals surface area (Å²) in [5, 5.41) is 0. The molecule has 2 aliphatic heterocycles. The van der Waals surface area contributed by atoms with E-state index in [9.17, 15) is 4.79 Å². The Kier molecular flexibility index (Phi) is 1.84. The molecule has 4 fully saturated rings. The number of carbonyl (C=O) groups excluding carboxylic acids is 1. The molecule has 0 aromatic heterocycles. The average Bonchev–Trinajstić information content (AvgIpc) is 2.65. The first kappa shape index (κ1) is 11.0. The van der Waals surface area contributed by atoms with Gasteiger partial charge in [0, 0.05) is 11.8 Å². The third-order valence-electron chi connectivity index (χ3n) is 5.99. The highest BCUT2D eigenvalue weighted by atomic mass is 16.6. The maximum Gasteiger partial charge on any atom is 0.309 e. The quantitative estimate of drug-likeness (QED) is 0.375. The van der Waals surface area contributed by atoms with Gasteiger partial charge in [0.15, 0.2) is 0 Å². The molecule has 0 radical (unpaired) electrons. The molecule has 4 rings (SSSR count). The van der Waals surface area contributed by atoms with Gasteiger partial charge < -0.3 is 9.47 Å². The molecule has 0 aromatic rings. The number of hydrogen-bond donors (Lipinski definition) is 0. The van der Waals surface area contributed by atoms with E-state index in [0.717, 1.165) is 25.7 Å². The van der Waals surface area contributed by atoms with Crippen LogP contribution in [0.15, 0.2) is 12.2 Å². The van der Waals surface area contributed by atoms with Crippen molar-refractivity contribution in [1.29, 1.82) is 0 Å². The van der Waals surface area contributed by atoms with Crippen LogP contribution in [0.2, 0.25) is 0 Å². The van der Waals surface area contributed by atoms with Gasteiger partial charge in [-0.1, -0.05) is 19.1 Å². The summed E-state index contributed by atoms with van der Waals surface area (Å²) in [5.41, 5.74) is 1.18. The van der Waals surface area contributed by atoms with Crippen LogP contribution in [0.1, 0.15) is 39.5 Å². The summed E-state index contributed by atoms with van der Waals surface area (Å²) in [6.45, 7) is 8.46. The SMILES string of the molecule is C=C1CC[C@@]23O[C@]2(C)CC[C@@H]2[C@H](OC(=O)[C@H]2C)[C@@H]13. The Morgan fingerprint density at radius 2 is 2.17 bits per heavy atom. The van der Waals surface area contributed by atoms with E-state index in [4.69, 9.17) is 9.47 Å². The van der Waals surface area contributed by atoms with Crippen LogP contribution in [0.4, 0.5) is 0 Å². The lowest BCUT2D eigenvalue weighted by Crippen LogP contribution is -2.36. The van der Waals surface area contributed by atoms with E-state index >= 15 is 0 Å². The minimum Gasteiger partial charge on any atom is -0.461 e. The van der Waals surface area contributed by atoms with Crippen molar-refractivity contribution in [1.82, 2.24) is 0 Å². The molecule has 6 atom stereocenters. The van der Waals surface area contributed by atoms with Gasteiger partial charge in [-0.2, -0.15) is 0 Å². The number of epoxide rings is 1. The average molecular weight is 248 g/mol. The number of rotatable bonds is 0. The van der Waals surface area contributed by atoms with Crippen LogP contribution in [0.3, 0.4) is 0 Å². The Balaban J connectivity index is 1.78. The van der Waals surface area contributed by atoms with E-state index in [1.165, 1.54) is 5.57 Å². The standard InChI is InChI=1S/C15H20O3/c1-8-4-7-15-11(8)12-10(9(2)13(16)17-12)5-6-14(15,3)18-15/h9-12H,1,4-7H2,2-3H3/t9-,10-,11+,12-,14+,15-/m0/s1. The van der Waals surface area contributed by atoms with Gasteiger partial charge in [-0.05, 0) is 32.6 Å². The smallest absolute Gasteiger partial charge is 0.309 e. The lowest BCUT2D eigenvalue weighted by molar-refractivity contribution is -0.145. The van der Waals surface area contributed by atoms with Gasteiger partial charge in [0.1, 0.15) is 11.7 Å². The lowest BCUT2D eigenvalue weighted by Gasteiger charge is -2.26. The number of ether oxygens (including phenoxy) is 2. The van der Waals surface area contributed by atoms with E-state index < -0.39 is 0 Å². The van der Waals surface area contributed by atoms with E-state index in [1.54, 1.807) is 0 Å². The fourth-order valence-corrected chi connectivity index (χ4v) is 4.79. The molecular weight excluding hydrogens is 228 g/mol. The predicted molar refractivity (Wildman–Crippen MR) is 65.9 cm³/mol. The fourth-order valence-electron chi connectivity index (χ4n) is 4.79. The molecule has 0 aromatic carbocycles. The summed E-state index contributed by atoms with van der Waals surface area (Å²) >= 11 is 0. The number of esters is 1. The second-order valence-electron chi connectivity index (χ2n) is 6.75. The van der Waals surface area contributed by atoms with Crippen molar-refractivity contribution in [3.05, 3.63) is 12.2 Å². The minimum absolute atomic E-state index is 0.00751. The van der Waals surface area contributed by atoms with Crippen LogP contribution in [0.25, 0.3) is 0 Å². The summed E-state index contributed by atoms with van der Waals surface area (Å²) in [7, 11) is 0. The second-order valence-corrected chi connectivity index (χ2v) is 6.75. The van der Waals surface area contributed by atoms with E-state index in [-0.39, 0.29) is 35.1 Å².